The number of para-hydroxylation sites is 1. The summed E-state index contributed by atoms with van der Waals surface area (Å²) in [5, 5.41) is 13.2. The van der Waals surface area contributed by atoms with Gasteiger partial charge >= 0.3 is 0 Å². The van der Waals surface area contributed by atoms with Gasteiger partial charge in [-0.25, -0.2) is 0 Å². The van der Waals surface area contributed by atoms with E-state index in [-0.39, 0.29) is 17.7 Å². The van der Waals surface area contributed by atoms with Crippen LogP contribution in [0.4, 0.5) is 5.69 Å². The Labute approximate surface area is 209 Å². The van der Waals surface area contributed by atoms with Crippen molar-refractivity contribution in [2.24, 2.45) is 0 Å². The van der Waals surface area contributed by atoms with Gasteiger partial charge in [0.2, 0.25) is 5.91 Å². The van der Waals surface area contributed by atoms with E-state index >= 15 is 0 Å². The molecule has 34 heavy (non-hydrogen) atoms. The van der Waals surface area contributed by atoms with Crippen LogP contribution in [0.25, 0.3) is 16.8 Å². The summed E-state index contributed by atoms with van der Waals surface area (Å²) in [6, 6.07) is 25.4. The molecule has 0 aliphatic rings. The Bertz CT molecular complexity index is 1260. The number of amides is 1. The van der Waals surface area contributed by atoms with Gasteiger partial charge in [-0.15, -0.1) is 10.2 Å². The van der Waals surface area contributed by atoms with Crippen LogP contribution in [-0.4, -0.2) is 45.4 Å². The molecule has 4 aromatic rings. The lowest BCUT2D eigenvalue weighted by Crippen LogP contribution is -2.21. The number of rotatable bonds is 8. The molecular weight excluding hydrogens is 466 g/mol. The fourth-order valence-electron chi connectivity index (χ4n) is 3.49. The van der Waals surface area contributed by atoms with E-state index in [9.17, 15) is 4.79 Å². The molecule has 174 valence electrons. The predicted molar refractivity (Wildman–Crippen MR) is 140 cm³/mol. The number of hydrogen-bond acceptors (Lipinski definition) is 5. The molecule has 1 N–H and O–H groups in total. The summed E-state index contributed by atoms with van der Waals surface area (Å²) in [5.74, 6) is 0.886. The van der Waals surface area contributed by atoms with E-state index in [0.717, 1.165) is 28.3 Å². The summed E-state index contributed by atoms with van der Waals surface area (Å²) in [5.41, 5.74) is 3.71. The predicted octanol–water partition coefficient (Wildman–Crippen LogP) is 5.94. The SMILES string of the molecule is CC(c1nnc(SCC(=O)Nc2ccccc2-c2ccccc2)n1-c1ccc(Cl)cc1)N(C)C. The van der Waals surface area contributed by atoms with Gasteiger partial charge in [-0.1, -0.05) is 71.9 Å². The average molecular weight is 492 g/mol. The van der Waals surface area contributed by atoms with E-state index < -0.39 is 0 Å². The third-order valence-electron chi connectivity index (χ3n) is 5.51. The van der Waals surface area contributed by atoms with Gasteiger partial charge in [0.05, 0.1) is 11.8 Å². The van der Waals surface area contributed by atoms with Crippen molar-refractivity contribution in [1.29, 1.82) is 0 Å². The molecule has 3 aromatic carbocycles. The number of nitrogens with zero attached hydrogens (tertiary/aromatic N) is 4. The number of halogens is 1. The Hall–Kier alpha value is -3.13. The van der Waals surface area contributed by atoms with E-state index in [4.69, 9.17) is 11.6 Å². The monoisotopic (exact) mass is 491 g/mol. The van der Waals surface area contributed by atoms with Crippen molar-refractivity contribution in [2.45, 2.75) is 18.1 Å². The van der Waals surface area contributed by atoms with Gasteiger partial charge in [0, 0.05) is 22.0 Å². The van der Waals surface area contributed by atoms with Crippen molar-refractivity contribution in [1.82, 2.24) is 19.7 Å². The lowest BCUT2D eigenvalue weighted by Gasteiger charge is -2.20. The molecule has 8 heteroatoms. The summed E-state index contributed by atoms with van der Waals surface area (Å²) >= 11 is 7.45. The second-order valence-electron chi connectivity index (χ2n) is 8.04. The topological polar surface area (TPSA) is 63.1 Å². The zero-order valence-electron chi connectivity index (χ0n) is 19.3. The second kappa shape index (κ2) is 10.9. The van der Waals surface area contributed by atoms with Crippen molar-refractivity contribution in [3.63, 3.8) is 0 Å². The molecule has 0 fully saturated rings. The normalized spacial score (nSPS) is 12.0. The summed E-state index contributed by atoms with van der Waals surface area (Å²) < 4.78 is 1.98. The van der Waals surface area contributed by atoms with E-state index in [1.54, 1.807) is 0 Å². The highest BCUT2D eigenvalue weighted by Gasteiger charge is 2.21. The van der Waals surface area contributed by atoms with Gasteiger partial charge in [-0.05, 0) is 56.9 Å². The number of aromatic nitrogens is 3. The number of carbonyl (C=O) groups is 1. The lowest BCUT2D eigenvalue weighted by molar-refractivity contribution is -0.113. The van der Waals surface area contributed by atoms with E-state index in [0.29, 0.717) is 10.2 Å². The molecule has 1 unspecified atom stereocenters. The molecule has 0 aliphatic carbocycles. The first-order chi connectivity index (χ1) is 16.4. The molecule has 0 bridgehead atoms. The van der Waals surface area contributed by atoms with Gasteiger partial charge < -0.3 is 5.32 Å². The van der Waals surface area contributed by atoms with Crippen LogP contribution in [0.5, 0.6) is 0 Å². The first-order valence-electron chi connectivity index (χ1n) is 10.9. The van der Waals surface area contributed by atoms with Crippen LogP contribution in [0.1, 0.15) is 18.8 Å². The van der Waals surface area contributed by atoms with Crippen LogP contribution in [0.15, 0.2) is 84.0 Å². The molecule has 0 spiro atoms. The van der Waals surface area contributed by atoms with E-state index in [1.807, 2.05) is 97.5 Å². The van der Waals surface area contributed by atoms with Crippen LogP contribution < -0.4 is 5.32 Å². The Balaban J connectivity index is 1.54. The van der Waals surface area contributed by atoms with Crippen LogP contribution in [0.2, 0.25) is 5.02 Å². The summed E-state index contributed by atoms with van der Waals surface area (Å²) in [4.78, 5) is 15.0. The third kappa shape index (κ3) is 5.50. The molecule has 1 aromatic heterocycles. The fourth-order valence-corrected chi connectivity index (χ4v) is 4.37. The zero-order chi connectivity index (χ0) is 24.1. The fraction of sp³-hybridized carbons (Fsp3) is 0.192. The molecule has 1 atom stereocenters. The maximum absolute atomic E-state index is 12.9. The largest absolute Gasteiger partial charge is 0.325 e. The molecule has 1 amide bonds. The first kappa shape index (κ1) is 24.0. The van der Waals surface area contributed by atoms with Gasteiger partial charge in [0.1, 0.15) is 0 Å². The first-order valence-corrected chi connectivity index (χ1v) is 12.2. The Morgan fingerprint density at radius 1 is 1.00 bits per heavy atom. The summed E-state index contributed by atoms with van der Waals surface area (Å²) in [7, 11) is 3.99. The van der Waals surface area contributed by atoms with Gasteiger partial charge in [0.15, 0.2) is 11.0 Å². The molecule has 0 saturated heterocycles. The molecule has 1 heterocycles. The summed E-state index contributed by atoms with van der Waals surface area (Å²) in [6.45, 7) is 2.07. The van der Waals surface area contributed by atoms with Crippen molar-refractivity contribution in [3.8, 4) is 16.8 Å². The molecule has 6 nitrogen and oxygen atoms in total. The van der Waals surface area contributed by atoms with Crippen molar-refractivity contribution in [2.75, 3.05) is 25.2 Å². The Kier molecular flexibility index (Phi) is 7.67. The summed E-state index contributed by atoms with van der Waals surface area (Å²) in [6.07, 6.45) is 0. The van der Waals surface area contributed by atoms with Crippen molar-refractivity contribution in [3.05, 3.63) is 89.7 Å². The van der Waals surface area contributed by atoms with Crippen LogP contribution >= 0.6 is 23.4 Å². The number of nitrogens with one attached hydrogen (secondary N) is 1. The smallest absolute Gasteiger partial charge is 0.234 e. The maximum atomic E-state index is 12.9. The highest BCUT2D eigenvalue weighted by atomic mass is 35.5. The van der Waals surface area contributed by atoms with Gasteiger partial charge in [-0.3, -0.25) is 14.3 Å². The Morgan fingerprint density at radius 2 is 1.68 bits per heavy atom. The quantitative estimate of drug-likeness (QED) is 0.309. The molecule has 0 saturated carbocycles. The number of benzene rings is 3. The minimum absolute atomic E-state index is 0.0316. The van der Waals surface area contributed by atoms with Gasteiger partial charge in [0.25, 0.3) is 0 Å². The molecular formula is C26H26ClN5OS. The van der Waals surface area contributed by atoms with E-state index in [1.165, 1.54) is 11.8 Å². The third-order valence-corrected chi connectivity index (χ3v) is 6.69. The minimum Gasteiger partial charge on any atom is -0.325 e. The van der Waals surface area contributed by atoms with Crippen molar-refractivity contribution >= 4 is 35.0 Å². The van der Waals surface area contributed by atoms with Crippen LogP contribution in [-0.2, 0) is 4.79 Å². The second-order valence-corrected chi connectivity index (χ2v) is 9.42. The number of thioether (sulfide) groups is 1. The highest BCUT2D eigenvalue weighted by molar-refractivity contribution is 7.99. The molecule has 0 aliphatic heterocycles. The highest BCUT2D eigenvalue weighted by Crippen LogP contribution is 2.30. The number of hydrogen-bond donors (Lipinski definition) is 1. The van der Waals surface area contributed by atoms with Crippen LogP contribution in [0.3, 0.4) is 0 Å². The maximum Gasteiger partial charge on any atom is 0.234 e. The lowest BCUT2D eigenvalue weighted by atomic mass is 10.0. The molecule has 4 rings (SSSR count). The van der Waals surface area contributed by atoms with Crippen molar-refractivity contribution < 1.29 is 4.79 Å². The minimum atomic E-state index is -0.110. The Morgan fingerprint density at radius 3 is 2.38 bits per heavy atom. The van der Waals surface area contributed by atoms with Crippen LogP contribution in [0, 0.1) is 0 Å². The molecule has 0 radical (unpaired) electrons. The number of carbonyl (C=O) groups excluding carboxylic acids is 1. The van der Waals surface area contributed by atoms with Gasteiger partial charge in [-0.2, -0.15) is 0 Å². The zero-order valence-corrected chi connectivity index (χ0v) is 20.8. The van der Waals surface area contributed by atoms with E-state index in [2.05, 4.69) is 27.3 Å². The standard InChI is InChI=1S/C26H26ClN5OS/c1-18(31(2)3)25-29-30-26(32(25)21-15-13-20(27)14-16-21)34-17-24(33)28-23-12-8-7-11-22(23)19-9-5-4-6-10-19/h4-16,18H,17H2,1-3H3,(H,28,33). The average Bonchev–Trinajstić information content (AvgIpc) is 3.27. The number of anilines is 1.